The minimum Gasteiger partial charge on any atom is -0.481 e. The third-order valence-electron chi connectivity index (χ3n) is 4.09. The van der Waals surface area contributed by atoms with E-state index < -0.39 is 5.54 Å². The summed E-state index contributed by atoms with van der Waals surface area (Å²) in [6.45, 7) is 4.25. The van der Waals surface area contributed by atoms with Gasteiger partial charge in [0.25, 0.3) is 0 Å². The molecular weight excluding hydrogens is 300 g/mol. The van der Waals surface area contributed by atoms with Gasteiger partial charge in [-0.3, -0.25) is 0 Å². The third-order valence-corrected chi connectivity index (χ3v) is 4.09. The molecule has 0 aliphatic heterocycles. The molecule has 0 amide bonds. The summed E-state index contributed by atoms with van der Waals surface area (Å²) in [5, 5.41) is 9.23. The van der Waals surface area contributed by atoms with Gasteiger partial charge in [-0.2, -0.15) is 0 Å². The lowest BCUT2D eigenvalue weighted by atomic mass is 9.97. The second-order valence-corrected chi connectivity index (χ2v) is 6.48. The van der Waals surface area contributed by atoms with Crippen LogP contribution in [0.1, 0.15) is 30.3 Å². The Bertz CT molecular complexity index is 718. The number of aryl methyl sites for hydroxylation is 2. The van der Waals surface area contributed by atoms with Crippen LogP contribution in [0.15, 0.2) is 36.4 Å². The molecule has 0 fully saturated rings. The molecule has 2 aromatic rings. The maximum atomic E-state index is 9.23. The molecule has 0 saturated carbocycles. The van der Waals surface area contributed by atoms with Gasteiger partial charge in [-0.25, -0.2) is 0 Å². The molecule has 0 aliphatic carbocycles. The number of aromatic nitrogens is 1. The number of aliphatic hydroxyl groups is 1. The van der Waals surface area contributed by atoms with E-state index in [1.165, 1.54) is 5.56 Å². The minimum atomic E-state index is -0.544. The van der Waals surface area contributed by atoms with Crippen molar-refractivity contribution in [2.75, 3.05) is 13.2 Å². The lowest BCUT2D eigenvalue weighted by molar-refractivity contribution is 0.200. The van der Waals surface area contributed by atoms with Crippen LogP contribution in [-0.2, 0) is 13.5 Å². The lowest BCUT2D eigenvalue weighted by Gasteiger charge is -2.21. The van der Waals surface area contributed by atoms with Crippen LogP contribution in [0, 0.1) is 18.8 Å². The maximum Gasteiger partial charge on any atom is 0.149 e. The predicted molar refractivity (Wildman–Crippen MR) is 97.0 cm³/mol. The number of ether oxygens (including phenoxy) is 1. The first-order valence-corrected chi connectivity index (χ1v) is 8.14. The van der Waals surface area contributed by atoms with Gasteiger partial charge in [-0.1, -0.05) is 23.6 Å². The van der Waals surface area contributed by atoms with Gasteiger partial charge in [0.1, 0.15) is 12.4 Å². The maximum absolute atomic E-state index is 9.23. The summed E-state index contributed by atoms with van der Waals surface area (Å²) >= 11 is 0. The van der Waals surface area contributed by atoms with Crippen molar-refractivity contribution in [1.82, 2.24) is 4.57 Å². The summed E-state index contributed by atoms with van der Waals surface area (Å²) < 4.78 is 7.67. The first-order chi connectivity index (χ1) is 11.4. The van der Waals surface area contributed by atoms with Gasteiger partial charge >= 0.3 is 0 Å². The molecule has 3 N–H and O–H groups in total. The molecule has 24 heavy (non-hydrogen) atoms. The predicted octanol–water partition coefficient (Wildman–Crippen LogP) is 2.41. The molecule has 4 nitrogen and oxygen atoms in total. The van der Waals surface area contributed by atoms with Crippen molar-refractivity contribution < 1.29 is 9.84 Å². The second kappa shape index (κ2) is 8.05. The first kappa shape index (κ1) is 18.1. The van der Waals surface area contributed by atoms with E-state index in [1.807, 2.05) is 51.2 Å². The summed E-state index contributed by atoms with van der Waals surface area (Å²) in [5.74, 6) is 7.01. The molecule has 1 heterocycles. The van der Waals surface area contributed by atoms with E-state index >= 15 is 0 Å². The van der Waals surface area contributed by atoms with Crippen molar-refractivity contribution in [3.8, 4) is 17.6 Å². The Balaban J connectivity index is 1.91. The molecule has 0 bridgehead atoms. The van der Waals surface area contributed by atoms with Gasteiger partial charge in [-0.05, 0) is 56.9 Å². The highest BCUT2D eigenvalue weighted by Crippen LogP contribution is 2.14. The van der Waals surface area contributed by atoms with Crippen molar-refractivity contribution in [3.63, 3.8) is 0 Å². The average molecular weight is 326 g/mol. The molecule has 4 heteroatoms. The highest BCUT2D eigenvalue weighted by atomic mass is 16.5. The Kier molecular flexibility index (Phi) is 6.08. The molecule has 0 saturated heterocycles. The van der Waals surface area contributed by atoms with Gasteiger partial charge < -0.3 is 20.1 Å². The highest BCUT2D eigenvalue weighted by molar-refractivity contribution is 5.33. The Morgan fingerprint density at radius 1 is 1.21 bits per heavy atom. The minimum absolute atomic E-state index is 0.0135. The summed E-state index contributed by atoms with van der Waals surface area (Å²) in [4.78, 5) is 0. The summed E-state index contributed by atoms with van der Waals surface area (Å²) in [5.41, 5.74) is 8.75. The van der Waals surface area contributed by atoms with E-state index in [0.717, 1.165) is 30.0 Å². The fourth-order valence-corrected chi connectivity index (χ4v) is 2.30. The van der Waals surface area contributed by atoms with Crippen LogP contribution in [0.2, 0.25) is 0 Å². The molecular formula is C20H26N2O2. The van der Waals surface area contributed by atoms with Crippen LogP contribution in [0.5, 0.6) is 5.75 Å². The van der Waals surface area contributed by atoms with Crippen LogP contribution >= 0.6 is 0 Å². The van der Waals surface area contributed by atoms with Crippen LogP contribution in [0.3, 0.4) is 0 Å². The molecule has 128 valence electrons. The van der Waals surface area contributed by atoms with E-state index in [1.54, 1.807) is 0 Å². The number of aliphatic hydroxyl groups excluding tert-OH is 1. The zero-order chi connectivity index (χ0) is 17.6. The quantitative estimate of drug-likeness (QED) is 0.802. The molecule has 0 unspecified atom stereocenters. The molecule has 0 aliphatic rings. The SMILES string of the molecule is Cc1ccc(OCC#Cc2ccc(CC[C@@](C)(N)CO)n2C)cc1. The molecule has 1 aromatic carbocycles. The summed E-state index contributed by atoms with van der Waals surface area (Å²) in [7, 11) is 1.99. The summed E-state index contributed by atoms with van der Waals surface area (Å²) in [6.07, 6.45) is 1.54. The van der Waals surface area contributed by atoms with E-state index in [2.05, 4.69) is 22.5 Å². The number of hydrogen-bond acceptors (Lipinski definition) is 3. The Labute approximate surface area is 144 Å². The van der Waals surface area contributed by atoms with Crippen molar-refractivity contribution >= 4 is 0 Å². The molecule has 0 radical (unpaired) electrons. The molecule has 1 aromatic heterocycles. The largest absolute Gasteiger partial charge is 0.481 e. The zero-order valence-corrected chi connectivity index (χ0v) is 14.7. The van der Waals surface area contributed by atoms with Gasteiger partial charge in [0.05, 0.1) is 12.3 Å². The van der Waals surface area contributed by atoms with E-state index in [-0.39, 0.29) is 6.61 Å². The Morgan fingerprint density at radius 2 is 1.92 bits per heavy atom. The van der Waals surface area contributed by atoms with Crippen LogP contribution < -0.4 is 10.5 Å². The zero-order valence-electron chi connectivity index (χ0n) is 14.7. The van der Waals surface area contributed by atoms with Gasteiger partial charge in [0, 0.05) is 18.3 Å². The fraction of sp³-hybridized carbons (Fsp3) is 0.400. The van der Waals surface area contributed by atoms with E-state index in [0.29, 0.717) is 6.61 Å². The Hall–Kier alpha value is -2.22. The van der Waals surface area contributed by atoms with Gasteiger partial charge in [0.15, 0.2) is 0 Å². The van der Waals surface area contributed by atoms with Crippen molar-refractivity contribution in [2.24, 2.45) is 12.8 Å². The van der Waals surface area contributed by atoms with Crippen molar-refractivity contribution in [2.45, 2.75) is 32.2 Å². The van der Waals surface area contributed by atoms with Gasteiger partial charge in [-0.15, -0.1) is 0 Å². The normalized spacial score (nSPS) is 13.0. The van der Waals surface area contributed by atoms with Crippen molar-refractivity contribution in [3.05, 3.63) is 53.3 Å². The van der Waals surface area contributed by atoms with Gasteiger partial charge in [0.2, 0.25) is 0 Å². The Morgan fingerprint density at radius 3 is 2.58 bits per heavy atom. The smallest absolute Gasteiger partial charge is 0.149 e. The standard InChI is InChI=1S/C20H26N2O2/c1-16-6-10-19(11-7-16)24-14-4-5-17-8-9-18(22(17)3)12-13-20(2,21)15-23/h6-11,23H,12-15,21H2,1-3H3/t20-/m1/s1. The molecule has 0 spiro atoms. The number of rotatable bonds is 6. The number of hydrogen-bond donors (Lipinski definition) is 2. The first-order valence-electron chi connectivity index (χ1n) is 8.14. The fourth-order valence-electron chi connectivity index (χ4n) is 2.30. The number of nitrogens with two attached hydrogens (primary N) is 1. The number of benzene rings is 1. The van der Waals surface area contributed by atoms with E-state index in [4.69, 9.17) is 10.5 Å². The van der Waals surface area contributed by atoms with Crippen LogP contribution in [-0.4, -0.2) is 28.4 Å². The average Bonchev–Trinajstić information content (AvgIpc) is 2.92. The monoisotopic (exact) mass is 326 g/mol. The van der Waals surface area contributed by atoms with Crippen LogP contribution in [0.25, 0.3) is 0 Å². The topological polar surface area (TPSA) is 60.4 Å². The lowest BCUT2D eigenvalue weighted by Crippen LogP contribution is -2.40. The van der Waals surface area contributed by atoms with Crippen molar-refractivity contribution in [1.29, 1.82) is 0 Å². The molecule has 1 atom stereocenters. The summed E-state index contributed by atoms with van der Waals surface area (Å²) in [6, 6.07) is 12.0. The number of nitrogens with zero attached hydrogens (tertiary/aromatic N) is 1. The highest BCUT2D eigenvalue weighted by Gasteiger charge is 2.17. The van der Waals surface area contributed by atoms with Crippen LogP contribution in [0.4, 0.5) is 0 Å². The third kappa shape index (κ3) is 5.16. The second-order valence-electron chi connectivity index (χ2n) is 6.48. The molecule has 2 rings (SSSR count). The van der Waals surface area contributed by atoms with E-state index in [9.17, 15) is 5.11 Å².